The summed E-state index contributed by atoms with van der Waals surface area (Å²) in [5.74, 6) is 0.582. The van der Waals surface area contributed by atoms with Gasteiger partial charge in [0.2, 0.25) is 0 Å². The van der Waals surface area contributed by atoms with Gasteiger partial charge in [-0.25, -0.2) is 4.39 Å². The van der Waals surface area contributed by atoms with Crippen molar-refractivity contribution in [1.82, 2.24) is 4.90 Å². The first-order chi connectivity index (χ1) is 12.1. The molecule has 0 aliphatic rings. The van der Waals surface area contributed by atoms with E-state index in [1.807, 2.05) is 30.3 Å². The molecule has 0 heterocycles. The first-order valence-electron chi connectivity index (χ1n) is 8.50. The van der Waals surface area contributed by atoms with E-state index in [0.717, 1.165) is 17.7 Å². The maximum Gasteiger partial charge on any atom is 0.127 e. The predicted molar refractivity (Wildman–Crippen MR) is 98.9 cm³/mol. The van der Waals surface area contributed by atoms with Crippen LogP contribution in [-0.2, 0) is 13.1 Å². The molecule has 2 rings (SSSR count). The number of benzene rings is 2. The van der Waals surface area contributed by atoms with Crippen molar-refractivity contribution in [1.29, 1.82) is 0 Å². The summed E-state index contributed by atoms with van der Waals surface area (Å²) in [5, 5.41) is 10.3. The lowest BCUT2D eigenvalue weighted by atomic mass is 10.1. The Kier molecular flexibility index (Phi) is 7.64. The molecular weight excluding hydrogens is 317 g/mol. The van der Waals surface area contributed by atoms with E-state index in [4.69, 9.17) is 4.74 Å². The van der Waals surface area contributed by atoms with Gasteiger partial charge in [0.1, 0.15) is 11.6 Å². The molecule has 0 aromatic heterocycles. The minimum atomic E-state index is -0.469. The molecule has 0 saturated carbocycles. The Hall–Kier alpha value is -2.17. The number of ether oxygens (including phenoxy) is 1. The second-order valence-electron chi connectivity index (χ2n) is 6.13. The minimum Gasteiger partial charge on any atom is -0.497 e. The fourth-order valence-corrected chi connectivity index (χ4v) is 2.74. The van der Waals surface area contributed by atoms with Crippen LogP contribution in [0.4, 0.5) is 4.39 Å². The summed E-state index contributed by atoms with van der Waals surface area (Å²) in [6.07, 6.45) is 2.74. The summed E-state index contributed by atoms with van der Waals surface area (Å²) in [5.41, 5.74) is 1.72. The van der Waals surface area contributed by atoms with Gasteiger partial charge in [-0.3, -0.25) is 4.90 Å². The molecule has 1 N–H and O–H groups in total. The van der Waals surface area contributed by atoms with Crippen LogP contribution in [0.15, 0.2) is 61.2 Å². The molecule has 2 aromatic carbocycles. The number of hydrogen-bond donors (Lipinski definition) is 1. The van der Waals surface area contributed by atoms with Gasteiger partial charge in [0, 0.05) is 25.2 Å². The summed E-state index contributed by atoms with van der Waals surface area (Å²) in [6, 6.07) is 14.6. The zero-order valence-electron chi connectivity index (χ0n) is 14.7. The van der Waals surface area contributed by atoms with Gasteiger partial charge >= 0.3 is 0 Å². The van der Waals surface area contributed by atoms with Crippen LogP contribution in [-0.4, -0.2) is 29.8 Å². The third-order valence-electron chi connectivity index (χ3n) is 4.09. The number of aliphatic hydroxyl groups excluding tert-OH is 1. The summed E-state index contributed by atoms with van der Waals surface area (Å²) >= 11 is 0. The number of allylic oxidation sites excluding steroid dienone is 1. The molecule has 4 heteroatoms. The van der Waals surface area contributed by atoms with Crippen molar-refractivity contribution in [2.45, 2.75) is 32.0 Å². The van der Waals surface area contributed by atoms with Crippen molar-refractivity contribution in [3.63, 3.8) is 0 Å². The highest BCUT2D eigenvalue weighted by Crippen LogP contribution is 2.17. The van der Waals surface area contributed by atoms with Gasteiger partial charge in [-0.1, -0.05) is 36.4 Å². The highest BCUT2D eigenvalue weighted by atomic mass is 19.1. The van der Waals surface area contributed by atoms with Gasteiger partial charge in [0.15, 0.2) is 0 Å². The Balaban J connectivity index is 2.09. The SMILES string of the molecule is C=CCCC(O)CN(Cc1ccc(OC)cc1)Cc1ccccc1F. The van der Waals surface area contributed by atoms with E-state index < -0.39 is 6.10 Å². The Morgan fingerprint density at radius 3 is 2.52 bits per heavy atom. The van der Waals surface area contributed by atoms with Gasteiger partial charge in [-0.2, -0.15) is 0 Å². The lowest BCUT2D eigenvalue weighted by Gasteiger charge is -2.25. The maximum absolute atomic E-state index is 14.0. The van der Waals surface area contributed by atoms with Crippen LogP contribution in [0.3, 0.4) is 0 Å². The molecule has 0 radical (unpaired) electrons. The second-order valence-corrected chi connectivity index (χ2v) is 6.13. The van der Waals surface area contributed by atoms with Crippen molar-refractivity contribution in [2.75, 3.05) is 13.7 Å². The number of aliphatic hydroxyl groups is 1. The summed E-state index contributed by atoms with van der Waals surface area (Å²) in [7, 11) is 1.63. The van der Waals surface area contributed by atoms with Crippen LogP contribution >= 0.6 is 0 Å². The molecule has 0 aliphatic heterocycles. The molecule has 2 aromatic rings. The molecular formula is C21H26FNO2. The van der Waals surface area contributed by atoms with Crippen LogP contribution in [0.5, 0.6) is 5.75 Å². The minimum absolute atomic E-state index is 0.220. The average Bonchev–Trinajstić information content (AvgIpc) is 2.62. The second kappa shape index (κ2) is 9.97. The zero-order valence-corrected chi connectivity index (χ0v) is 14.7. The molecule has 0 saturated heterocycles. The number of methoxy groups -OCH3 is 1. The van der Waals surface area contributed by atoms with Gasteiger partial charge < -0.3 is 9.84 Å². The predicted octanol–water partition coefficient (Wildman–Crippen LogP) is 4.16. The number of halogens is 1. The van der Waals surface area contributed by atoms with E-state index in [-0.39, 0.29) is 5.82 Å². The van der Waals surface area contributed by atoms with E-state index in [0.29, 0.717) is 31.6 Å². The topological polar surface area (TPSA) is 32.7 Å². The highest BCUT2D eigenvalue weighted by Gasteiger charge is 2.14. The van der Waals surface area contributed by atoms with Gasteiger partial charge in [-0.05, 0) is 36.6 Å². The molecule has 0 amide bonds. The average molecular weight is 343 g/mol. The standard InChI is InChI=1S/C21H26FNO2/c1-3-4-8-19(24)16-23(15-18-7-5-6-9-21(18)22)14-17-10-12-20(25-2)13-11-17/h3,5-7,9-13,19,24H,1,4,8,14-16H2,2H3. The fraction of sp³-hybridized carbons (Fsp3) is 0.333. The quantitative estimate of drug-likeness (QED) is 0.658. The maximum atomic E-state index is 14.0. The van der Waals surface area contributed by atoms with Crippen LogP contribution in [0.1, 0.15) is 24.0 Å². The molecule has 25 heavy (non-hydrogen) atoms. The third kappa shape index (κ3) is 6.33. The lowest BCUT2D eigenvalue weighted by Crippen LogP contribution is -2.32. The van der Waals surface area contributed by atoms with E-state index in [1.54, 1.807) is 25.3 Å². The highest BCUT2D eigenvalue weighted by molar-refractivity contribution is 5.27. The molecule has 1 unspecified atom stereocenters. The third-order valence-corrected chi connectivity index (χ3v) is 4.09. The zero-order chi connectivity index (χ0) is 18.1. The molecule has 1 atom stereocenters. The van der Waals surface area contributed by atoms with Crippen molar-refractivity contribution < 1.29 is 14.2 Å². The Labute approximate surface area is 149 Å². The molecule has 3 nitrogen and oxygen atoms in total. The summed E-state index contributed by atoms with van der Waals surface area (Å²) in [6.45, 7) is 5.25. The Bertz CT molecular complexity index is 657. The fourth-order valence-electron chi connectivity index (χ4n) is 2.74. The monoisotopic (exact) mass is 343 g/mol. The summed E-state index contributed by atoms with van der Waals surface area (Å²) in [4.78, 5) is 2.06. The molecule has 0 spiro atoms. The molecule has 134 valence electrons. The van der Waals surface area contributed by atoms with Crippen LogP contribution in [0, 0.1) is 5.82 Å². The largest absolute Gasteiger partial charge is 0.497 e. The first kappa shape index (κ1) is 19.2. The van der Waals surface area contributed by atoms with Gasteiger partial charge in [-0.15, -0.1) is 6.58 Å². The smallest absolute Gasteiger partial charge is 0.127 e. The van der Waals surface area contributed by atoms with E-state index >= 15 is 0 Å². The number of nitrogens with zero attached hydrogens (tertiary/aromatic N) is 1. The van der Waals surface area contributed by atoms with Crippen molar-refractivity contribution in [3.05, 3.63) is 78.1 Å². The van der Waals surface area contributed by atoms with Gasteiger partial charge in [0.25, 0.3) is 0 Å². The Morgan fingerprint density at radius 1 is 1.16 bits per heavy atom. The number of rotatable bonds is 10. The molecule has 0 fully saturated rings. The van der Waals surface area contributed by atoms with Crippen molar-refractivity contribution in [2.24, 2.45) is 0 Å². The van der Waals surface area contributed by atoms with Crippen molar-refractivity contribution in [3.8, 4) is 5.75 Å². The van der Waals surface area contributed by atoms with E-state index in [2.05, 4.69) is 11.5 Å². The lowest BCUT2D eigenvalue weighted by molar-refractivity contribution is 0.0977. The van der Waals surface area contributed by atoms with E-state index in [9.17, 15) is 9.50 Å². The Morgan fingerprint density at radius 2 is 1.88 bits per heavy atom. The van der Waals surface area contributed by atoms with Crippen LogP contribution < -0.4 is 4.74 Å². The van der Waals surface area contributed by atoms with Gasteiger partial charge in [0.05, 0.1) is 13.2 Å². The summed E-state index contributed by atoms with van der Waals surface area (Å²) < 4.78 is 19.2. The van der Waals surface area contributed by atoms with Crippen molar-refractivity contribution >= 4 is 0 Å². The van der Waals surface area contributed by atoms with Crippen LogP contribution in [0.2, 0.25) is 0 Å². The van der Waals surface area contributed by atoms with Crippen LogP contribution in [0.25, 0.3) is 0 Å². The number of hydrogen-bond acceptors (Lipinski definition) is 3. The molecule has 0 aliphatic carbocycles. The first-order valence-corrected chi connectivity index (χ1v) is 8.50. The van der Waals surface area contributed by atoms with E-state index in [1.165, 1.54) is 6.07 Å². The normalized spacial score (nSPS) is 12.2. The molecule has 0 bridgehead atoms.